The molecule has 0 bridgehead atoms. The molecule has 0 saturated carbocycles. The molecule has 3 aromatic rings. The molecule has 0 radical (unpaired) electrons. The SMILES string of the molecule is CCCS(=O)(=O)Oc1ccc(-c2ccc3c(c2COC(=O)c2ccc(C)cc2)N(C)C(=O)C(C)(C)N3)c(OC)c1. The molecule has 212 valence electrons. The van der Waals surface area contributed by atoms with E-state index >= 15 is 0 Å². The maximum atomic E-state index is 13.2. The summed E-state index contributed by atoms with van der Waals surface area (Å²) in [5, 5.41) is 3.29. The van der Waals surface area contributed by atoms with Gasteiger partial charge in [0.2, 0.25) is 0 Å². The van der Waals surface area contributed by atoms with Gasteiger partial charge in [-0.1, -0.05) is 30.7 Å². The first-order valence-corrected chi connectivity index (χ1v) is 14.5. The number of esters is 1. The maximum absolute atomic E-state index is 13.2. The number of nitrogens with one attached hydrogen (secondary N) is 1. The van der Waals surface area contributed by atoms with Gasteiger partial charge in [-0.25, -0.2) is 4.79 Å². The monoisotopic (exact) mass is 566 g/mol. The lowest BCUT2D eigenvalue weighted by Gasteiger charge is -2.39. The first-order chi connectivity index (χ1) is 18.9. The molecule has 0 spiro atoms. The van der Waals surface area contributed by atoms with Crippen LogP contribution < -0.4 is 19.1 Å². The van der Waals surface area contributed by atoms with Gasteiger partial charge >= 0.3 is 16.1 Å². The molecule has 0 atom stereocenters. The van der Waals surface area contributed by atoms with E-state index in [1.165, 1.54) is 13.2 Å². The fourth-order valence-electron chi connectivity index (χ4n) is 4.72. The van der Waals surface area contributed by atoms with Gasteiger partial charge in [0.25, 0.3) is 5.91 Å². The summed E-state index contributed by atoms with van der Waals surface area (Å²) in [6.07, 6.45) is 0.425. The average molecular weight is 567 g/mol. The van der Waals surface area contributed by atoms with Gasteiger partial charge in [0, 0.05) is 24.2 Å². The van der Waals surface area contributed by atoms with Crippen LogP contribution >= 0.6 is 0 Å². The van der Waals surface area contributed by atoms with Crippen LogP contribution in [-0.2, 0) is 26.3 Å². The van der Waals surface area contributed by atoms with E-state index in [0.29, 0.717) is 45.8 Å². The van der Waals surface area contributed by atoms with Crippen LogP contribution in [0.3, 0.4) is 0 Å². The van der Waals surface area contributed by atoms with E-state index < -0.39 is 21.6 Å². The Morgan fingerprint density at radius 1 is 1.02 bits per heavy atom. The number of aryl methyl sites for hydroxylation is 1. The molecule has 0 saturated heterocycles. The summed E-state index contributed by atoms with van der Waals surface area (Å²) in [5.74, 6) is -0.288. The number of amides is 1. The smallest absolute Gasteiger partial charge is 0.338 e. The quantitative estimate of drug-likeness (QED) is 0.274. The first kappa shape index (κ1) is 28.9. The minimum absolute atomic E-state index is 0.109. The molecule has 40 heavy (non-hydrogen) atoms. The molecule has 0 aliphatic carbocycles. The van der Waals surface area contributed by atoms with E-state index in [4.69, 9.17) is 13.7 Å². The Kier molecular flexibility index (Phi) is 8.11. The minimum atomic E-state index is -3.74. The van der Waals surface area contributed by atoms with Crippen molar-refractivity contribution < 1.29 is 31.7 Å². The maximum Gasteiger partial charge on any atom is 0.338 e. The van der Waals surface area contributed by atoms with Crippen molar-refractivity contribution in [2.45, 2.75) is 46.3 Å². The van der Waals surface area contributed by atoms with Crippen molar-refractivity contribution in [2.24, 2.45) is 0 Å². The molecule has 1 amide bonds. The van der Waals surface area contributed by atoms with Crippen LogP contribution in [0.2, 0.25) is 0 Å². The van der Waals surface area contributed by atoms with Gasteiger partial charge in [0.1, 0.15) is 23.6 Å². The Bertz CT molecular complexity index is 1550. The van der Waals surface area contributed by atoms with Crippen LogP contribution in [0, 0.1) is 6.92 Å². The Morgan fingerprint density at radius 3 is 2.35 bits per heavy atom. The topological polar surface area (TPSA) is 111 Å². The van der Waals surface area contributed by atoms with Crippen LogP contribution in [0.25, 0.3) is 11.1 Å². The molecular weight excluding hydrogens is 532 g/mol. The Labute approximate surface area is 235 Å². The summed E-state index contributed by atoms with van der Waals surface area (Å²) >= 11 is 0. The van der Waals surface area contributed by atoms with Crippen LogP contribution in [0.15, 0.2) is 54.6 Å². The summed E-state index contributed by atoms with van der Waals surface area (Å²) < 4.78 is 41.1. The van der Waals surface area contributed by atoms with E-state index in [2.05, 4.69) is 5.32 Å². The lowest BCUT2D eigenvalue weighted by atomic mass is 9.91. The van der Waals surface area contributed by atoms with Crippen LogP contribution in [0.5, 0.6) is 11.5 Å². The van der Waals surface area contributed by atoms with Gasteiger partial charge in [-0.3, -0.25) is 4.79 Å². The Hall–Kier alpha value is -4.05. The van der Waals surface area contributed by atoms with E-state index in [9.17, 15) is 18.0 Å². The summed E-state index contributed by atoms with van der Waals surface area (Å²) in [6, 6.07) is 15.5. The average Bonchev–Trinajstić information content (AvgIpc) is 2.90. The number of anilines is 2. The third kappa shape index (κ3) is 5.91. The van der Waals surface area contributed by atoms with Crippen molar-refractivity contribution in [1.82, 2.24) is 0 Å². The van der Waals surface area contributed by atoms with E-state index in [0.717, 1.165) is 5.56 Å². The van der Waals surface area contributed by atoms with Crippen molar-refractivity contribution in [2.75, 3.05) is 30.1 Å². The standard InChI is InChI=1S/C30H34N2O7S/c1-7-16-40(35,36)39-21-12-13-23(26(17-21)37-6)22-14-15-25-27(32(5)29(34)30(3,4)31-25)24(22)18-38-28(33)20-10-8-19(2)9-11-20/h8-15,17,31H,7,16,18H2,1-6H3. The van der Waals surface area contributed by atoms with Gasteiger partial charge in [0.05, 0.1) is 29.8 Å². The largest absolute Gasteiger partial charge is 0.496 e. The van der Waals surface area contributed by atoms with Crippen LogP contribution in [0.4, 0.5) is 11.4 Å². The molecule has 1 aliphatic heterocycles. The zero-order chi connectivity index (χ0) is 29.2. The van der Waals surface area contributed by atoms with Crippen LogP contribution in [-0.4, -0.2) is 45.7 Å². The molecule has 4 rings (SSSR count). The molecular formula is C30H34N2O7S. The van der Waals surface area contributed by atoms with Gasteiger partial charge in [-0.05, 0) is 63.1 Å². The van der Waals surface area contributed by atoms with E-state index in [1.54, 1.807) is 57.0 Å². The number of carbonyl (C=O) groups is 2. The lowest BCUT2D eigenvalue weighted by Crippen LogP contribution is -2.52. The number of likely N-dealkylation sites (N-methyl/N-ethyl adjacent to an activating group) is 1. The van der Waals surface area contributed by atoms with E-state index in [-0.39, 0.29) is 24.0 Å². The summed E-state index contributed by atoms with van der Waals surface area (Å²) in [7, 11) is -0.588. The molecule has 1 aliphatic rings. The van der Waals surface area contributed by atoms with Gasteiger partial charge in [-0.15, -0.1) is 0 Å². The summed E-state index contributed by atoms with van der Waals surface area (Å²) in [6.45, 7) is 7.16. The van der Waals surface area contributed by atoms with Crippen molar-refractivity contribution in [3.05, 3.63) is 71.3 Å². The molecule has 0 fully saturated rings. The third-order valence-corrected chi connectivity index (χ3v) is 8.03. The number of ether oxygens (including phenoxy) is 2. The molecule has 1 heterocycles. The summed E-state index contributed by atoms with van der Waals surface area (Å²) in [5.41, 5.74) is 3.73. The third-order valence-electron chi connectivity index (χ3n) is 6.68. The molecule has 10 heteroatoms. The van der Waals surface area contributed by atoms with Crippen molar-refractivity contribution in [3.63, 3.8) is 0 Å². The number of hydrogen-bond donors (Lipinski definition) is 1. The van der Waals surface area contributed by atoms with Crippen molar-refractivity contribution in [1.29, 1.82) is 0 Å². The van der Waals surface area contributed by atoms with Gasteiger partial charge in [-0.2, -0.15) is 8.42 Å². The van der Waals surface area contributed by atoms with Crippen molar-refractivity contribution >= 4 is 33.4 Å². The second-order valence-corrected chi connectivity index (χ2v) is 11.9. The highest BCUT2D eigenvalue weighted by molar-refractivity contribution is 7.87. The second-order valence-electron chi connectivity index (χ2n) is 10.3. The number of methoxy groups -OCH3 is 1. The highest BCUT2D eigenvalue weighted by atomic mass is 32.2. The number of hydrogen-bond acceptors (Lipinski definition) is 8. The second kappa shape index (κ2) is 11.2. The van der Waals surface area contributed by atoms with Gasteiger partial charge < -0.3 is 23.9 Å². The first-order valence-electron chi connectivity index (χ1n) is 12.9. The molecule has 0 aromatic heterocycles. The zero-order valence-corrected chi connectivity index (χ0v) is 24.3. The molecule has 0 unspecified atom stereocenters. The fourth-order valence-corrected chi connectivity index (χ4v) is 5.70. The number of rotatable bonds is 9. The Morgan fingerprint density at radius 2 is 1.70 bits per heavy atom. The minimum Gasteiger partial charge on any atom is -0.496 e. The highest BCUT2D eigenvalue weighted by Gasteiger charge is 2.39. The highest BCUT2D eigenvalue weighted by Crippen LogP contribution is 2.45. The molecule has 9 nitrogen and oxygen atoms in total. The molecule has 1 N–H and O–H groups in total. The molecule has 3 aromatic carbocycles. The summed E-state index contributed by atoms with van der Waals surface area (Å²) in [4.78, 5) is 27.7. The number of benzene rings is 3. The van der Waals surface area contributed by atoms with E-state index in [1.807, 2.05) is 31.2 Å². The number of nitrogens with zero attached hydrogens (tertiary/aromatic N) is 1. The number of carbonyl (C=O) groups excluding carboxylic acids is 2. The normalized spacial score (nSPS) is 14.2. The predicted octanol–water partition coefficient (Wildman–Crippen LogP) is 5.31. The Balaban J connectivity index is 1.80. The lowest BCUT2D eigenvalue weighted by molar-refractivity contribution is -0.121. The zero-order valence-electron chi connectivity index (χ0n) is 23.5. The van der Waals surface area contributed by atoms with Gasteiger partial charge in [0.15, 0.2) is 0 Å². The van der Waals surface area contributed by atoms with Crippen molar-refractivity contribution in [3.8, 4) is 22.6 Å². The van der Waals surface area contributed by atoms with Crippen LogP contribution in [0.1, 0.15) is 48.7 Å². The number of fused-ring (bicyclic) bond motifs is 1. The predicted molar refractivity (Wildman–Crippen MR) is 155 cm³/mol. The fraction of sp³-hybridized carbons (Fsp3) is 0.333.